The number of nitrogens with one attached hydrogen (secondary N) is 1. The molecule has 1 aliphatic heterocycles. The van der Waals surface area contributed by atoms with Crippen molar-refractivity contribution in [1.82, 2.24) is 4.90 Å². The zero-order valence-electron chi connectivity index (χ0n) is 15.7. The van der Waals surface area contributed by atoms with Gasteiger partial charge in [-0.25, -0.2) is 0 Å². The average molecular weight is 607 g/mol. The highest BCUT2D eigenvalue weighted by Gasteiger charge is 2.66. The predicted octanol–water partition coefficient (Wildman–Crippen LogP) is 3.10. The molecule has 10 heteroatoms. The molecule has 1 aromatic rings. The molecule has 0 unspecified atom stereocenters. The standard InChI is InChI=1S/C20H19Br3N2O5/c21-9-1-3-10(4-2-9)24-13(26)8-30-14(27)5-6-25-19(28)15-11-7-12(16(15)20(25)29)18(23)17(11)22/h1-4,11-12,15-18H,5-8H2,(H,24,26)/t11-,12-,15-,16-,17-,18+/m1/s1. The minimum absolute atomic E-state index is 0.0167. The number of ether oxygens (including phenoxy) is 1. The summed E-state index contributed by atoms with van der Waals surface area (Å²) in [5.41, 5.74) is 0.587. The van der Waals surface area contributed by atoms with Gasteiger partial charge in [0, 0.05) is 26.4 Å². The summed E-state index contributed by atoms with van der Waals surface area (Å²) >= 11 is 10.6. The fourth-order valence-electron chi connectivity index (χ4n) is 4.78. The van der Waals surface area contributed by atoms with Crippen LogP contribution in [0.15, 0.2) is 28.7 Å². The number of hydrogen-bond donors (Lipinski definition) is 1. The van der Waals surface area contributed by atoms with Gasteiger partial charge in [0.25, 0.3) is 5.91 Å². The second-order valence-corrected chi connectivity index (χ2v) is 10.8. The quantitative estimate of drug-likeness (QED) is 0.305. The fourth-order valence-corrected chi connectivity index (χ4v) is 6.92. The van der Waals surface area contributed by atoms with E-state index in [1.165, 1.54) is 4.90 Å². The number of nitrogens with zero attached hydrogens (tertiary/aromatic N) is 1. The van der Waals surface area contributed by atoms with Gasteiger partial charge in [-0.1, -0.05) is 47.8 Å². The van der Waals surface area contributed by atoms with E-state index < -0.39 is 18.5 Å². The number of imide groups is 1. The Kier molecular flexibility index (Phi) is 6.37. The van der Waals surface area contributed by atoms with Gasteiger partial charge in [-0.05, 0) is 42.5 Å². The first-order valence-corrected chi connectivity index (χ1v) is 12.2. The van der Waals surface area contributed by atoms with Crippen LogP contribution in [0.2, 0.25) is 0 Å². The van der Waals surface area contributed by atoms with E-state index in [0.29, 0.717) is 5.69 Å². The molecule has 2 saturated carbocycles. The molecular weight excluding hydrogens is 588 g/mol. The molecule has 160 valence electrons. The molecule has 2 bridgehead atoms. The van der Waals surface area contributed by atoms with Gasteiger partial charge in [0.1, 0.15) is 0 Å². The van der Waals surface area contributed by atoms with Crippen LogP contribution in [-0.2, 0) is 23.9 Å². The molecule has 7 nitrogen and oxygen atoms in total. The number of likely N-dealkylation sites (tertiary alicyclic amines) is 1. The van der Waals surface area contributed by atoms with Gasteiger partial charge in [-0.3, -0.25) is 24.1 Å². The van der Waals surface area contributed by atoms with Crippen molar-refractivity contribution in [2.24, 2.45) is 23.7 Å². The highest BCUT2D eigenvalue weighted by atomic mass is 79.9. The van der Waals surface area contributed by atoms with Crippen molar-refractivity contribution in [1.29, 1.82) is 0 Å². The van der Waals surface area contributed by atoms with Gasteiger partial charge < -0.3 is 10.1 Å². The minimum atomic E-state index is -0.627. The monoisotopic (exact) mass is 604 g/mol. The summed E-state index contributed by atoms with van der Waals surface area (Å²) in [6, 6.07) is 6.99. The Bertz CT molecular complexity index is 861. The lowest BCUT2D eigenvalue weighted by atomic mass is 9.81. The van der Waals surface area contributed by atoms with Crippen LogP contribution in [0.25, 0.3) is 0 Å². The average Bonchev–Trinajstić information content (AvgIpc) is 3.32. The van der Waals surface area contributed by atoms with Crippen molar-refractivity contribution in [2.45, 2.75) is 22.5 Å². The Morgan fingerprint density at radius 2 is 1.60 bits per heavy atom. The van der Waals surface area contributed by atoms with Gasteiger partial charge >= 0.3 is 5.97 Å². The number of hydrogen-bond acceptors (Lipinski definition) is 5. The molecule has 3 amide bonds. The second-order valence-electron chi connectivity index (χ2n) is 7.80. The predicted molar refractivity (Wildman–Crippen MR) is 119 cm³/mol. The molecule has 6 atom stereocenters. The van der Waals surface area contributed by atoms with E-state index >= 15 is 0 Å². The van der Waals surface area contributed by atoms with E-state index in [2.05, 4.69) is 53.1 Å². The Morgan fingerprint density at radius 1 is 1.03 bits per heavy atom. The van der Waals surface area contributed by atoms with E-state index in [-0.39, 0.29) is 58.1 Å². The normalized spacial score (nSPS) is 31.8. The first kappa shape index (κ1) is 22.0. The van der Waals surface area contributed by atoms with E-state index in [1.54, 1.807) is 24.3 Å². The lowest BCUT2D eigenvalue weighted by molar-refractivity contribution is -0.149. The van der Waals surface area contributed by atoms with Crippen molar-refractivity contribution in [2.75, 3.05) is 18.5 Å². The number of carbonyl (C=O) groups is 4. The van der Waals surface area contributed by atoms with Crippen LogP contribution in [0.1, 0.15) is 12.8 Å². The molecule has 1 N–H and O–H groups in total. The lowest BCUT2D eigenvalue weighted by Crippen LogP contribution is -2.37. The molecular formula is C20H19Br3N2O5. The van der Waals surface area contributed by atoms with E-state index in [1.807, 2.05) is 0 Å². The Hall–Kier alpha value is -1.26. The molecule has 30 heavy (non-hydrogen) atoms. The van der Waals surface area contributed by atoms with Gasteiger partial charge in [-0.2, -0.15) is 0 Å². The molecule has 0 aromatic heterocycles. The van der Waals surface area contributed by atoms with Gasteiger partial charge in [0.2, 0.25) is 11.8 Å². The molecule has 1 saturated heterocycles. The number of alkyl halides is 2. The summed E-state index contributed by atoms with van der Waals surface area (Å²) in [4.78, 5) is 51.1. The second kappa shape index (κ2) is 8.70. The number of anilines is 1. The topological polar surface area (TPSA) is 92.8 Å². The number of carbonyl (C=O) groups excluding carboxylic acids is 4. The molecule has 0 radical (unpaired) electrons. The number of benzene rings is 1. The number of amides is 3. The number of rotatable bonds is 6. The summed E-state index contributed by atoms with van der Waals surface area (Å²) in [6.45, 7) is -0.445. The summed E-state index contributed by atoms with van der Waals surface area (Å²) in [7, 11) is 0. The van der Waals surface area contributed by atoms with Gasteiger partial charge in [0.05, 0.1) is 18.3 Å². The van der Waals surface area contributed by atoms with Gasteiger partial charge in [0.15, 0.2) is 6.61 Å². The third kappa shape index (κ3) is 3.98. The maximum absolute atomic E-state index is 12.8. The zero-order valence-corrected chi connectivity index (χ0v) is 20.5. The van der Waals surface area contributed by atoms with Gasteiger partial charge in [-0.15, -0.1) is 0 Å². The first-order valence-electron chi connectivity index (χ1n) is 9.62. The van der Waals surface area contributed by atoms with Crippen LogP contribution in [0.5, 0.6) is 0 Å². The lowest BCUT2D eigenvalue weighted by Gasteiger charge is -2.28. The molecule has 3 fully saturated rings. The number of esters is 1. The summed E-state index contributed by atoms with van der Waals surface area (Å²) in [6.07, 6.45) is 0.731. The zero-order chi connectivity index (χ0) is 21.6. The summed E-state index contributed by atoms with van der Waals surface area (Å²) in [5.74, 6) is -1.79. The highest BCUT2D eigenvalue weighted by Crippen LogP contribution is 2.60. The molecule has 4 rings (SSSR count). The van der Waals surface area contributed by atoms with E-state index in [4.69, 9.17) is 4.74 Å². The fraction of sp³-hybridized carbons (Fsp3) is 0.500. The Morgan fingerprint density at radius 3 is 2.17 bits per heavy atom. The van der Waals surface area contributed by atoms with E-state index in [0.717, 1.165) is 10.9 Å². The third-order valence-corrected chi connectivity index (χ3v) is 9.85. The van der Waals surface area contributed by atoms with Crippen LogP contribution in [0.4, 0.5) is 5.69 Å². The van der Waals surface area contributed by atoms with Crippen LogP contribution in [0.3, 0.4) is 0 Å². The molecule has 2 aliphatic carbocycles. The first-order chi connectivity index (χ1) is 14.3. The minimum Gasteiger partial charge on any atom is -0.456 e. The number of halogens is 3. The molecule has 1 heterocycles. The van der Waals surface area contributed by atoms with E-state index in [9.17, 15) is 19.2 Å². The van der Waals surface area contributed by atoms with Crippen molar-refractivity contribution < 1.29 is 23.9 Å². The Labute approximate surface area is 198 Å². The maximum atomic E-state index is 12.8. The summed E-state index contributed by atoms with van der Waals surface area (Å²) < 4.78 is 5.87. The van der Waals surface area contributed by atoms with Crippen LogP contribution in [-0.4, -0.2) is 51.4 Å². The molecule has 1 aromatic carbocycles. The van der Waals surface area contributed by atoms with Crippen LogP contribution < -0.4 is 5.32 Å². The van der Waals surface area contributed by atoms with Crippen LogP contribution >= 0.6 is 47.8 Å². The maximum Gasteiger partial charge on any atom is 0.308 e. The van der Waals surface area contributed by atoms with Crippen molar-refractivity contribution in [3.8, 4) is 0 Å². The molecule has 3 aliphatic rings. The SMILES string of the molecule is O=C(COC(=O)CCN1C(=O)[C@@H]2[C@H]3C[C@@H]([C@@H](Br)[C@H]3Br)[C@H]2C1=O)Nc1ccc(Br)cc1. The van der Waals surface area contributed by atoms with Crippen molar-refractivity contribution in [3.05, 3.63) is 28.7 Å². The summed E-state index contributed by atoms with van der Waals surface area (Å²) in [5, 5.41) is 2.62. The Balaban J connectivity index is 1.25. The smallest absolute Gasteiger partial charge is 0.308 e. The highest BCUT2D eigenvalue weighted by molar-refractivity contribution is 9.12. The molecule has 0 spiro atoms. The van der Waals surface area contributed by atoms with Crippen LogP contribution in [0, 0.1) is 23.7 Å². The number of fused-ring (bicyclic) bond motifs is 5. The third-order valence-electron chi connectivity index (χ3n) is 6.11. The van der Waals surface area contributed by atoms with Crippen molar-refractivity contribution in [3.63, 3.8) is 0 Å². The van der Waals surface area contributed by atoms with Crippen molar-refractivity contribution >= 4 is 77.2 Å². The largest absolute Gasteiger partial charge is 0.456 e.